The smallest absolute Gasteiger partial charge is 0.335 e. The second-order valence-corrected chi connectivity index (χ2v) is 5.91. The molecule has 0 saturated heterocycles. The largest absolute Gasteiger partial charge is 0.497 e. The second kappa shape index (κ2) is 7.83. The molecule has 0 amide bonds. The number of aliphatic imine (C=N–C) groups is 1. The van der Waals surface area contributed by atoms with Crippen molar-refractivity contribution in [2.24, 2.45) is 4.99 Å². The van der Waals surface area contributed by atoms with Gasteiger partial charge in [0.2, 0.25) is 5.88 Å². The zero-order valence-electron chi connectivity index (χ0n) is 15.6. The van der Waals surface area contributed by atoms with Crippen LogP contribution >= 0.6 is 0 Å². The van der Waals surface area contributed by atoms with Crippen LogP contribution in [0.5, 0.6) is 17.4 Å². The predicted octanol–water partition coefficient (Wildman–Crippen LogP) is 2.31. The van der Waals surface area contributed by atoms with E-state index in [1.54, 1.807) is 43.3 Å². The summed E-state index contributed by atoms with van der Waals surface area (Å²) in [6, 6.07) is 12.0. The minimum Gasteiger partial charge on any atom is -0.497 e. The van der Waals surface area contributed by atoms with Crippen LogP contribution in [0.2, 0.25) is 0 Å². The minimum absolute atomic E-state index is 0.160. The van der Waals surface area contributed by atoms with Crippen LogP contribution in [-0.4, -0.2) is 35.1 Å². The Bertz CT molecular complexity index is 1160. The van der Waals surface area contributed by atoms with Gasteiger partial charge in [-0.15, -0.1) is 0 Å². The number of hydrogen-bond acceptors (Lipinski definition) is 6. The number of H-pyrrole nitrogens is 1. The summed E-state index contributed by atoms with van der Waals surface area (Å²) in [6.45, 7) is 1.79. The molecule has 3 rings (SSSR count). The fourth-order valence-corrected chi connectivity index (χ4v) is 2.72. The number of methoxy groups -OCH3 is 2. The molecule has 1 heterocycles. The molecule has 1 aromatic heterocycles. The van der Waals surface area contributed by atoms with Gasteiger partial charge < -0.3 is 14.6 Å². The molecule has 0 aliphatic heterocycles. The second-order valence-electron chi connectivity index (χ2n) is 5.91. The lowest BCUT2D eigenvalue weighted by atomic mass is 10.2. The maximum absolute atomic E-state index is 12.3. The van der Waals surface area contributed by atoms with Crippen molar-refractivity contribution in [1.82, 2.24) is 9.55 Å². The highest BCUT2D eigenvalue weighted by atomic mass is 16.5. The standard InChI is InChI=1S/C20H19N3O5/c1-12-6-4-5-7-16(12)23-19(25)14(18(24)22-20(23)26)11-21-15-10-13(27-2)8-9-17(15)28-3/h4-11,25H,1-3H3,(H,22,24,26). The highest BCUT2D eigenvalue weighted by Gasteiger charge is 2.15. The topological polar surface area (TPSA) is 106 Å². The molecule has 0 radical (unpaired) electrons. The maximum Gasteiger partial charge on any atom is 0.335 e. The summed E-state index contributed by atoms with van der Waals surface area (Å²) in [5, 5.41) is 10.6. The molecule has 0 fully saturated rings. The van der Waals surface area contributed by atoms with Crippen LogP contribution in [0, 0.1) is 6.92 Å². The number of nitrogens with zero attached hydrogens (tertiary/aromatic N) is 2. The van der Waals surface area contributed by atoms with Gasteiger partial charge in [-0.3, -0.25) is 14.8 Å². The van der Waals surface area contributed by atoms with Gasteiger partial charge in [-0.2, -0.15) is 0 Å². The van der Waals surface area contributed by atoms with Crippen molar-refractivity contribution in [3.63, 3.8) is 0 Å². The van der Waals surface area contributed by atoms with E-state index < -0.39 is 17.1 Å². The first-order chi connectivity index (χ1) is 13.5. The molecular weight excluding hydrogens is 362 g/mol. The Morgan fingerprint density at radius 1 is 1.11 bits per heavy atom. The SMILES string of the molecule is COc1ccc(OC)c(N=Cc2c(O)n(-c3ccccc3C)c(=O)[nH]c2=O)c1. The van der Waals surface area contributed by atoms with Crippen LogP contribution in [0.3, 0.4) is 0 Å². The first-order valence-corrected chi connectivity index (χ1v) is 8.36. The van der Waals surface area contributed by atoms with Gasteiger partial charge in [-0.1, -0.05) is 18.2 Å². The summed E-state index contributed by atoms with van der Waals surface area (Å²) in [6.07, 6.45) is 1.18. The summed E-state index contributed by atoms with van der Waals surface area (Å²) >= 11 is 0. The Morgan fingerprint density at radius 2 is 1.86 bits per heavy atom. The number of aromatic hydroxyl groups is 1. The number of aromatic amines is 1. The van der Waals surface area contributed by atoms with Crippen LogP contribution in [0.15, 0.2) is 57.0 Å². The average molecular weight is 381 g/mol. The quantitative estimate of drug-likeness (QED) is 0.660. The van der Waals surface area contributed by atoms with Gasteiger partial charge in [0.25, 0.3) is 5.56 Å². The van der Waals surface area contributed by atoms with E-state index in [-0.39, 0.29) is 5.56 Å². The highest BCUT2D eigenvalue weighted by Crippen LogP contribution is 2.31. The minimum atomic E-state index is -0.752. The number of aryl methyl sites for hydroxylation is 1. The van der Waals surface area contributed by atoms with Crippen molar-refractivity contribution in [2.75, 3.05) is 14.2 Å². The third kappa shape index (κ3) is 3.52. The molecule has 0 aliphatic rings. The number of aromatic nitrogens is 2. The van der Waals surface area contributed by atoms with Crippen molar-refractivity contribution in [2.45, 2.75) is 6.92 Å². The molecule has 2 aromatic carbocycles. The van der Waals surface area contributed by atoms with Crippen LogP contribution in [0.4, 0.5) is 5.69 Å². The molecule has 144 valence electrons. The summed E-state index contributed by atoms with van der Waals surface area (Å²) < 4.78 is 11.4. The molecule has 0 aliphatic carbocycles. The molecule has 0 atom stereocenters. The summed E-state index contributed by atoms with van der Waals surface area (Å²) in [5.41, 5.74) is -0.0490. The Labute approximate surface area is 160 Å². The number of hydrogen-bond donors (Lipinski definition) is 2. The van der Waals surface area contributed by atoms with E-state index in [9.17, 15) is 14.7 Å². The number of para-hydroxylation sites is 1. The number of ether oxygens (including phenoxy) is 2. The number of rotatable bonds is 5. The molecular formula is C20H19N3O5. The molecule has 0 unspecified atom stereocenters. The van der Waals surface area contributed by atoms with Gasteiger partial charge in [-0.25, -0.2) is 9.36 Å². The average Bonchev–Trinajstić information content (AvgIpc) is 2.68. The normalized spacial score (nSPS) is 11.0. The lowest BCUT2D eigenvalue weighted by molar-refractivity contribution is 0.404. The predicted molar refractivity (Wildman–Crippen MR) is 106 cm³/mol. The summed E-state index contributed by atoms with van der Waals surface area (Å²) in [5.74, 6) is 0.504. The first-order valence-electron chi connectivity index (χ1n) is 8.36. The van der Waals surface area contributed by atoms with E-state index in [2.05, 4.69) is 9.98 Å². The monoisotopic (exact) mass is 381 g/mol. The van der Waals surface area contributed by atoms with Crippen LogP contribution in [0.25, 0.3) is 5.69 Å². The van der Waals surface area contributed by atoms with E-state index in [1.165, 1.54) is 20.4 Å². The Morgan fingerprint density at radius 3 is 2.54 bits per heavy atom. The Balaban J connectivity index is 2.16. The molecule has 0 spiro atoms. The third-order valence-corrected chi connectivity index (χ3v) is 4.20. The van der Waals surface area contributed by atoms with E-state index in [0.717, 1.165) is 10.1 Å². The van der Waals surface area contributed by atoms with Gasteiger partial charge in [0.15, 0.2) is 0 Å². The van der Waals surface area contributed by atoms with Crippen LogP contribution < -0.4 is 20.7 Å². The van der Waals surface area contributed by atoms with E-state index in [4.69, 9.17) is 9.47 Å². The van der Waals surface area contributed by atoms with Gasteiger partial charge in [0, 0.05) is 12.3 Å². The van der Waals surface area contributed by atoms with Crippen molar-refractivity contribution in [3.05, 3.63) is 74.4 Å². The van der Waals surface area contributed by atoms with Crippen molar-refractivity contribution in [3.8, 4) is 23.1 Å². The van der Waals surface area contributed by atoms with Crippen LogP contribution in [0.1, 0.15) is 11.1 Å². The summed E-state index contributed by atoms with van der Waals surface area (Å²) in [4.78, 5) is 31.0. The molecule has 28 heavy (non-hydrogen) atoms. The lowest BCUT2D eigenvalue weighted by Gasteiger charge is -2.12. The molecule has 0 saturated carbocycles. The molecule has 3 aromatic rings. The fourth-order valence-electron chi connectivity index (χ4n) is 2.72. The highest BCUT2D eigenvalue weighted by molar-refractivity contribution is 5.85. The maximum atomic E-state index is 12.3. The molecule has 8 heteroatoms. The lowest BCUT2D eigenvalue weighted by Crippen LogP contribution is -2.31. The fraction of sp³-hybridized carbons (Fsp3) is 0.150. The Kier molecular flexibility index (Phi) is 5.30. The van der Waals surface area contributed by atoms with Crippen molar-refractivity contribution in [1.29, 1.82) is 0 Å². The van der Waals surface area contributed by atoms with Crippen molar-refractivity contribution >= 4 is 11.9 Å². The van der Waals surface area contributed by atoms with Crippen molar-refractivity contribution < 1.29 is 14.6 Å². The van der Waals surface area contributed by atoms with Gasteiger partial charge in [0.1, 0.15) is 22.7 Å². The zero-order valence-corrected chi connectivity index (χ0v) is 15.6. The first kappa shape index (κ1) is 19.0. The van der Waals surface area contributed by atoms with Gasteiger partial charge >= 0.3 is 5.69 Å². The number of nitrogens with one attached hydrogen (secondary N) is 1. The van der Waals surface area contributed by atoms with E-state index in [0.29, 0.717) is 22.9 Å². The van der Waals surface area contributed by atoms with E-state index in [1.807, 2.05) is 6.07 Å². The number of benzene rings is 2. The van der Waals surface area contributed by atoms with Gasteiger partial charge in [-0.05, 0) is 30.7 Å². The summed E-state index contributed by atoms with van der Waals surface area (Å²) in [7, 11) is 3.01. The third-order valence-electron chi connectivity index (χ3n) is 4.20. The van der Waals surface area contributed by atoms with Crippen LogP contribution in [-0.2, 0) is 0 Å². The molecule has 0 bridgehead atoms. The Hall–Kier alpha value is -3.81. The van der Waals surface area contributed by atoms with E-state index >= 15 is 0 Å². The molecule has 8 nitrogen and oxygen atoms in total. The zero-order chi connectivity index (χ0) is 20.3. The molecule has 2 N–H and O–H groups in total. The van der Waals surface area contributed by atoms with Gasteiger partial charge in [0.05, 0.1) is 19.9 Å².